The first kappa shape index (κ1) is 21.0. The average Bonchev–Trinajstić information content (AvgIpc) is 2.76. The molecule has 0 aliphatic heterocycles. The molecule has 1 aliphatic rings. The number of hydrogen-bond donors (Lipinski definition) is 1. The molecule has 1 N–H and O–H groups in total. The molecular weight excluding hydrogens is 366 g/mol. The van der Waals surface area contributed by atoms with E-state index in [1.807, 2.05) is 30.3 Å². The van der Waals surface area contributed by atoms with Crippen LogP contribution in [-0.2, 0) is 24.1 Å². The van der Waals surface area contributed by atoms with Crippen molar-refractivity contribution in [3.63, 3.8) is 0 Å². The summed E-state index contributed by atoms with van der Waals surface area (Å²) in [6, 6.07) is 12.1. The van der Waals surface area contributed by atoms with Crippen LogP contribution < -0.4 is 19.5 Å². The first-order valence-corrected chi connectivity index (χ1v) is 10.4. The molecule has 29 heavy (non-hydrogen) atoms. The lowest BCUT2D eigenvalue weighted by Gasteiger charge is -2.21. The van der Waals surface area contributed by atoms with Gasteiger partial charge in [0.05, 0.1) is 20.8 Å². The minimum absolute atomic E-state index is 0.0551. The molecule has 0 radical (unpaired) electrons. The quantitative estimate of drug-likeness (QED) is 0.613. The van der Waals surface area contributed by atoms with Crippen LogP contribution in [0.5, 0.6) is 17.2 Å². The van der Waals surface area contributed by atoms with Crippen LogP contribution in [0.25, 0.3) is 0 Å². The third kappa shape index (κ3) is 5.89. The van der Waals surface area contributed by atoms with E-state index in [2.05, 4.69) is 11.4 Å². The SMILES string of the molecule is COc1ccc(CCCC(=O)NCCOc2ccc3c(c2OC)CCCC3)cc1. The van der Waals surface area contributed by atoms with Gasteiger partial charge in [-0.1, -0.05) is 18.2 Å². The Morgan fingerprint density at radius 2 is 1.79 bits per heavy atom. The largest absolute Gasteiger partial charge is 0.497 e. The highest BCUT2D eigenvalue weighted by Crippen LogP contribution is 2.37. The van der Waals surface area contributed by atoms with E-state index in [0.717, 1.165) is 42.9 Å². The van der Waals surface area contributed by atoms with Gasteiger partial charge in [-0.15, -0.1) is 0 Å². The predicted molar refractivity (Wildman–Crippen MR) is 114 cm³/mol. The predicted octanol–water partition coefficient (Wildman–Crippen LogP) is 4.10. The van der Waals surface area contributed by atoms with Crippen molar-refractivity contribution in [1.82, 2.24) is 5.32 Å². The average molecular weight is 398 g/mol. The fourth-order valence-electron chi connectivity index (χ4n) is 3.80. The second-order valence-electron chi connectivity index (χ2n) is 7.34. The molecule has 0 bridgehead atoms. The molecule has 0 spiro atoms. The molecule has 0 saturated heterocycles. The second kappa shape index (κ2) is 10.7. The van der Waals surface area contributed by atoms with E-state index in [-0.39, 0.29) is 5.91 Å². The smallest absolute Gasteiger partial charge is 0.220 e. The van der Waals surface area contributed by atoms with Crippen molar-refractivity contribution in [2.75, 3.05) is 27.4 Å². The summed E-state index contributed by atoms with van der Waals surface area (Å²) >= 11 is 0. The zero-order valence-corrected chi connectivity index (χ0v) is 17.5. The Kier molecular flexibility index (Phi) is 7.79. The molecule has 0 unspecified atom stereocenters. The van der Waals surface area contributed by atoms with Crippen LogP contribution in [0.2, 0.25) is 0 Å². The van der Waals surface area contributed by atoms with Crippen LogP contribution in [0.15, 0.2) is 36.4 Å². The number of ether oxygens (including phenoxy) is 3. The molecule has 3 rings (SSSR count). The number of rotatable bonds is 10. The molecule has 1 aliphatic carbocycles. The summed E-state index contributed by atoms with van der Waals surface area (Å²) < 4.78 is 16.7. The number of methoxy groups -OCH3 is 2. The van der Waals surface area contributed by atoms with Crippen molar-refractivity contribution in [3.8, 4) is 17.2 Å². The number of carbonyl (C=O) groups is 1. The Morgan fingerprint density at radius 1 is 1.00 bits per heavy atom. The molecular formula is C24H31NO4. The van der Waals surface area contributed by atoms with Gasteiger partial charge in [-0.3, -0.25) is 4.79 Å². The van der Waals surface area contributed by atoms with Gasteiger partial charge in [0.2, 0.25) is 5.91 Å². The fraction of sp³-hybridized carbons (Fsp3) is 0.458. The Hall–Kier alpha value is -2.69. The van der Waals surface area contributed by atoms with Crippen molar-refractivity contribution < 1.29 is 19.0 Å². The molecule has 5 nitrogen and oxygen atoms in total. The van der Waals surface area contributed by atoms with Crippen molar-refractivity contribution in [1.29, 1.82) is 0 Å². The number of fused-ring (bicyclic) bond motifs is 1. The molecule has 2 aromatic carbocycles. The lowest BCUT2D eigenvalue weighted by Crippen LogP contribution is -2.28. The highest BCUT2D eigenvalue weighted by molar-refractivity contribution is 5.75. The standard InChI is InChI=1S/C24H31NO4/c1-27-20-13-10-18(11-14-20)6-5-9-23(26)25-16-17-29-22-15-12-19-7-3-4-8-21(19)24(22)28-2/h10-15H,3-9,16-17H2,1-2H3,(H,25,26). The lowest BCUT2D eigenvalue weighted by molar-refractivity contribution is -0.121. The van der Waals surface area contributed by atoms with Gasteiger partial charge in [0.1, 0.15) is 12.4 Å². The Balaban J connectivity index is 1.37. The Bertz CT molecular complexity index is 801. The summed E-state index contributed by atoms with van der Waals surface area (Å²) in [4.78, 5) is 12.0. The first-order chi connectivity index (χ1) is 14.2. The molecule has 156 valence electrons. The van der Waals surface area contributed by atoms with Crippen molar-refractivity contribution in [2.24, 2.45) is 0 Å². The van der Waals surface area contributed by atoms with Crippen LogP contribution in [0.3, 0.4) is 0 Å². The first-order valence-electron chi connectivity index (χ1n) is 10.4. The maximum Gasteiger partial charge on any atom is 0.220 e. The molecule has 1 amide bonds. The third-order valence-corrected chi connectivity index (χ3v) is 5.36. The zero-order chi connectivity index (χ0) is 20.5. The van der Waals surface area contributed by atoms with Gasteiger partial charge in [0, 0.05) is 12.0 Å². The van der Waals surface area contributed by atoms with Gasteiger partial charge in [-0.25, -0.2) is 0 Å². The van der Waals surface area contributed by atoms with Crippen LogP contribution in [0.4, 0.5) is 0 Å². The van der Waals surface area contributed by atoms with Crippen molar-refractivity contribution in [3.05, 3.63) is 53.1 Å². The number of aryl methyl sites for hydroxylation is 2. The molecule has 0 fully saturated rings. The summed E-state index contributed by atoms with van der Waals surface area (Å²) in [5.74, 6) is 2.52. The number of amides is 1. The molecule has 0 heterocycles. The van der Waals surface area contributed by atoms with E-state index >= 15 is 0 Å². The topological polar surface area (TPSA) is 56.8 Å². The normalized spacial score (nSPS) is 12.8. The van der Waals surface area contributed by atoms with E-state index in [4.69, 9.17) is 14.2 Å². The van der Waals surface area contributed by atoms with E-state index in [1.54, 1.807) is 14.2 Å². The van der Waals surface area contributed by atoms with Crippen LogP contribution in [-0.4, -0.2) is 33.3 Å². The van der Waals surface area contributed by atoms with E-state index in [9.17, 15) is 4.79 Å². The number of hydrogen-bond acceptors (Lipinski definition) is 4. The highest BCUT2D eigenvalue weighted by Gasteiger charge is 2.18. The van der Waals surface area contributed by atoms with Crippen LogP contribution in [0, 0.1) is 0 Å². The van der Waals surface area contributed by atoms with E-state index in [1.165, 1.54) is 29.5 Å². The van der Waals surface area contributed by atoms with Gasteiger partial charge < -0.3 is 19.5 Å². The van der Waals surface area contributed by atoms with Crippen molar-refractivity contribution >= 4 is 5.91 Å². The maximum atomic E-state index is 12.0. The Morgan fingerprint density at radius 3 is 2.55 bits per heavy atom. The zero-order valence-electron chi connectivity index (χ0n) is 17.5. The summed E-state index contributed by atoms with van der Waals surface area (Å²) in [5.41, 5.74) is 3.85. The Labute approximate surface area is 173 Å². The van der Waals surface area contributed by atoms with Gasteiger partial charge in [-0.2, -0.15) is 0 Å². The van der Waals surface area contributed by atoms with Gasteiger partial charge in [0.15, 0.2) is 11.5 Å². The van der Waals surface area contributed by atoms with Gasteiger partial charge >= 0.3 is 0 Å². The van der Waals surface area contributed by atoms with Gasteiger partial charge in [0.25, 0.3) is 0 Å². The maximum absolute atomic E-state index is 12.0. The van der Waals surface area contributed by atoms with E-state index < -0.39 is 0 Å². The molecule has 2 aromatic rings. The van der Waals surface area contributed by atoms with Crippen LogP contribution >= 0.6 is 0 Å². The fourth-order valence-corrected chi connectivity index (χ4v) is 3.80. The van der Waals surface area contributed by atoms with Crippen molar-refractivity contribution in [2.45, 2.75) is 44.9 Å². The van der Waals surface area contributed by atoms with Crippen LogP contribution in [0.1, 0.15) is 42.4 Å². The minimum atomic E-state index is 0.0551. The third-order valence-electron chi connectivity index (χ3n) is 5.36. The summed E-state index contributed by atoms with van der Waals surface area (Å²) in [6.07, 6.45) is 6.78. The molecule has 0 saturated carbocycles. The lowest BCUT2D eigenvalue weighted by atomic mass is 9.91. The summed E-state index contributed by atoms with van der Waals surface area (Å²) in [6.45, 7) is 0.918. The molecule has 0 atom stereocenters. The molecule has 5 heteroatoms. The molecule has 0 aromatic heterocycles. The minimum Gasteiger partial charge on any atom is -0.497 e. The van der Waals surface area contributed by atoms with E-state index in [0.29, 0.717) is 19.6 Å². The van der Waals surface area contributed by atoms with Gasteiger partial charge in [-0.05, 0) is 67.9 Å². The number of carbonyl (C=O) groups excluding carboxylic acids is 1. The summed E-state index contributed by atoms with van der Waals surface area (Å²) in [7, 11) is 3.35. The number of nitrogens with one attached hydrogen (secondary N) is 1. The second-order valence-corrected chi connectivity index (χ2v) is 7.34. The summed E-state index contributed by atoms with van der Waals surface area (Å²) in [5, 5.41) is 2.93. The highest BCUT2D eigenvalue weighted by atomic mass is 16.5. The number of benzene rings is 2. The monoisotopic (exact) mass is 397 g/mol.